The summed E-state index contributed by atoms with van der Waals surface area (Å²) in [6.45, 7) is 5.79. The highest BCUT2D eigenvalue weighted by Crippen LogP contribution is 2.38. The SMILES string of the molecule is Cc1cc(CC(C)(C)NC[C@H](O)c2cc(O)cc3c2OCC(=O)N3)ccc1F. The van der Waals surface area contributed by atoms with Crippen LogP contribution in [0.5, 0.6) is 11.5 Å². The summed E-state index contributed by atoms with van der Waals surface area (Å²) in [7, 11) is 0. The molecule has 4 N–H and O–H groups in total. The average Bonchev–Trinajstić information content (AvgIpc) is 2.61. The number of ether oxygens (including phenoxy) is 1. The van der Waals surface area contributed by atoms with Crippen LogP contribution in [0.4, 0.5) is 10.1 Å². The van der Waals surface area contributed by atoms with Crippen LogP contribution in [0.25, 0.3) is 0 Å². The number of phenolic OH excluding ortho intramolecular Hbond substituents is 1. The van der Waals surface area contributed by atoms with Gasteiger partial charge in [-0.15, -0.1) is 0 Å². The lowest BCUT2D eigenvalue weighted by Gasteiger charge is -2.29. The van der Waals surface area contributed by atoms with Gasteiger partial charge in [-0.1, -0.05) is 12.1 Å². The molecule has 0 bridgehead atoms. The molecule has 1 aliphatic rings. The van der Waals surface area contributed by atoms with Crippen LogP contribution in [0.2, 0.25) is 0 Å². The van der Waals surface area contributed by atoms with Gasteiger partial charge in [0.05, 0.1) is 11.8 Å². The van der Waals surface area contributed by atoms with E-state index in [4.69, 9.17) is 4.74 Å². The predicted molar refractivity (Wildman–Crippen MR) is 104 cm³/mol. The third-order valence-corrected chi connectivity index (χ3v) is 4.73. The minimum atomic E-state index is -0.954. The summed E-state index contributed by atoms with van der Waals surface area (Å²) in [6.07, 6.45) is -0.309. The fourth-order valence-corrected chi connectivity index (χ4v) is 3.33. The van der Waals surface area contributed by atoms with E-state index in [1.54, 1.807) is 13.0 Å². The summed E-state index contributed by atoms with van der Waals surface area (Å²) in [5.41, 5.74) is 1.96. The molecule has 1 heterocycles. The minimum absolute atomic E-state index is 0.0698. The van der Waals surface area contributed by atoms with Gasteiger partial charge >= 0.3 is 0 Å². The quantitative estimate of drug-likeness (QED) is 0.611. The third-order valence-electron chi connectivity index (χ3n) is 4.73. The number of carbonyl (C=O) groups excluding carboxylic acids is 1. The maximum Gasteiger partial charge on any atom is 0.262 e. The van der Waals surface area contributed by atoms with Gasteiger partial charge < -0.3 is 25.6 Å². The topological polar surface area (TPSA) is 90.8 Å². The largest absolute Gasteiger partial charge is 0.508 e. The van der Waals surface area contributed by atoms with Crippen LogP contribution in [0.3, 0.4) is 0 Å². The van der Waals surface area contributed by atoms with Crippen LogP contribution in [0.15, 0.2) is 30.3 Å². The number of nitrogens with one attached hydrogen (secondary N) is 2. The molecule has 0 unspecified atom stereocenters. The lowest BCUT2D eigenvalue weighted by molar-refractivity contribution is -0.118. The van der Waals surface area contributed by atoms with Gasteiger partial charge in [0.1, 0.15) is 17.3 Å². The average molecular weight is 388 g/mol. The van der Waals surface area contributed by atoms with Gasteiger partial charge in [0.15, 0.2) is 6.61 Å². The van der Waals surface area contributed by atoms with Gasteiger partial charge in [0.2, 0.25) is 0 Å². The second kappa shape index (κ2) is 7.77. The molecule has 0 saturated carbocycles. The lowest BCUT2D eigenvalue weighted by atomic mass is 9.93. The van der Waals surface area contributed by atoms with E-state index in [-0.39, 0.29) is 36.2 Å². The van der Waals surface area contributed by atoms with E-state index in [9.17, 15) is 19.4 Å². The number of fused-ring (bicyclic) bond motifs is 1. The first kappa shape index (κ1) is 20.1. The molecule has 150 valence electrons. The van der Waals surface area contributed by atoms with Crippen molar-refractivity contribution in [3.8, 4) is 11.5 Å². The number of carbonyl (C=O) groups is 1. The lowest BCUT2D eigenvalue weighted by Crippen LogP contribution is -2.43. The molecule has 6 nitrogen and oxygen atoms in total. The fraction of sp³-hybridized carbons (Fsp3) is 0.381. The zero-order valence-electron chi connectivity index (χ0n) is 16.2. The Morgan fingerprint density at radius 2 is 2.07 bits per heavy atom. The van der Waals surface area contributed by atoms with Crippen molar-refractivity contribution in [3.05, 3.63) is 52.8 Å². The first-order valence-corrected chi connectivity index (χ1v) is 9.12. The molecule has 0 fully saturated rings. The second-order valence-corrected chi connectivity index (χ2v) is 7.79. The van der Waals surface area contributed by atoms with Gasteiger partial charge in [0.25, 0.3) is 5.91 Å². The van der Waals surface area contributed by atoms with Crippen molar-refractivity contribution in [2.75, 3.05) is 18.5 Å². The van der Waals surface area contributed by atoms with Crippen LogP contribution >= 0.6 is 0 Å². The van der Waals surface area contributed by atoms with E-state index in [0.717, 1.165) is 5.56 Å². The Balaban J connectivity index is 1.70. The number of anilines is 1. The normalized spacial score (nSPS) is 14.8. The fourth-order valence-electron chi connectivity index (χ4n) is 3.33. The Labute approximate surface area is 163 Å². The molecule has 3 rings (SSSR count). The van der Waals surface area contributed by atoms with Crippen molar-refractivity contribution in [1.29, 1.82) is 0 Å². The van der Waals surface area contributed by atoms with Crippen molar-refractivity contribution < 1.29 is 24.1 Å². The van der Waals surface area contributed by atoms with Crippen LogP contribution in [-0.2, 0) is 11.2 Å². The van der Waals surface area contributed by atoms with Crippen LogP contribution in [-0.4, -0.2) is 34.8 Å². The number of amides is 1. The van der Waals surface area contributed by atoms with Crippen LogP contribution in [0, 0.1) is 12.7 Å². The Morgan fingerprint density at radius 1 is 1.32 bits per heavy atom. The minimum Gasteiger partial charge on any atom is -0.508 e. The van der Waals surface area contributed by atoms with Crippen molar-refractivity contribution in [2.45, 2.75) is 38.8 Å². The summed E-state index contributed by atoms with van der Waals surface area (Å²) in [5.74, 6) is -0.253. The number of aryl methyl sites for hydroxylation is 1. The standard InChI is InChI=1S/C21H25FN2O4/c1-12-6-13(4-5-16(12)22)9-21(2,3)23-10-18(26)15-7-14(25)8-17-20(15)28-11-19(27)24-17/h4-8,18,23,25-26H,9-11H2,1-3H3,(H,24,27)/t18-/m0/s1. The molecular formula is C21H25FN2O4. The number of β-amino-alcohol motifs (C(OH)–C–C–N with tert-alkyl or cyclic N) is 1. The van der Waals surface area contributed by atoms with Gasteiger partial charge in [0, 0.05) is 23.7 Å². The Morgan fingerprint density at radius 3 is 2.79 bits per heavy atom. The van der Waals surface area contributed by atoms with Crippen molar-refractivity contribution in [2.24, 2.45) is 0 Å². The molecule has 0 aromatic heterocycles. The van der Waals surface area contributed by atoms with E-state index in [1.165, 1.54) is 18.2 Å². The molecule has 2 aromatic carbocycles. The molecule has 7 heteroatoms. The molecule has 1 amide bonds. The number of aromatic hydroxyl groups is 1. The summed E-state index contributed by atoms with van der Waals surface area (Å²) in [6, 6.07) is 7.84. The molecule has 1 atom stereocenters. The van der Waals surface area contributed by atoms with Gasteiger partial charge in [-0.05, 0) is 50.5 Å². The Kier molecular flexibility index (Phi) is 5.58. The number of benzene rings is 2. The molecule has 28 heavy (non-hydrogen) atoms. The van der Waals surface area contributed by atoms with Gasteiger partial charge in [-0.3, -0.25) is 4.79 Å². The van der Waals surface area contributed by atoms with Crippen molar-refractivity contribution in [1.82, 2.24) is 5.32 Å². The number of phenols is 1. The maximum absolute atomic E-state index is 13.5. The smallest absolute Gasteiger partial charge is 0.262 e. The molecule has 0 spiro atoms. The molecule has 0 radical (unpaired) electrons. The van der Waals surface area contributed by atoms with E-state index in [1.807, 2.05) is 19.9 Å². The monoisotopic (exact) mass is 388 g/mol. The summed E-state index contributed by atoms with van der Waals surface area (Å²) < 4.78 is 18.9. The number of hydrogen-bond donors (Lipinski definition) is 4. The van der Waals surface area contributed by atoms with Gasteiger partial charge in [-0.2, -0.15) is 0 Å². The van der Waals surface area contributed by atoms with Gasteiger partial charge in [-0.25, -0.2) is 4.39 Å². The molecule has 1 aliphatic heterocycles. The van der Waals surface area contributed by atoms with E-state index in [2.05, 4.69) is 10.6 Å². The van der Waals surface area contributed by atoms with E-state index in [0.29, 0.717) is 29.0 Å². The first-order valence-electron chi connectivity index (χ1n) is 9.12. The zero-order valence-corrected chi connectivity index (χ0v) is 16.2. The second-order valence-electron chi connectivity index (χ2n) is 7.79. The van der Waals surface area contributed by atoms with Crippen LogP contribution < -0.4 is 15.4 Å². The maximum atomic E-state index is 13.5. The first-order chi connectivity index (χ1) is 13.1. The highest BCUT2D eigenvalue weighted by molar-refractivity contribution is 5.96. The summed E-state index contributed by atoms with van der Waals surface area (Å²) in [5, 5.41) is 26.5. The van der Waals surface area contributed by atoms with Crippen molar-refractivity contribution >= 4 is 11.6 Å². The number of aliphatic hydroxyl groups is 1. The summed E-state index contributed by atoms with van der Waals surface area (Å²) in [4.78, 5) is 11.5. The van der Waals surface area contributed by atoms with E-state index < -0.39 is 6.10 Å². The molecule has 0 aliphatic carbocycles. The Bertz CT molecular complexity index is 898. The molecule has 0 saturated heterocycles. The highest BCUT2D eigenvalue weighted by Gasteiger charge is 2.26. The number of aliphatic hydroxyl groups excluding tert-OH is 1. The van der Waals surface area contributed by atoms with Crippen LogP contribution in [0.1, 0.15) is 36.6 Å². The Hall–Kier alpha value is -2.64. The number of halogens is 1. The predicted octanol–water partition coefficient (Wildman–Crippen LogP) is 2.81. The number of hydrogen-bond acceptors (Lipinski definition) is 5. The zero-order chi connectivity index (χ0) is 20.5. The van der Waals surface area contributed by atoms with Crippen molar-refractivity contribution in [3.63, 3.8) is 0 Å². The highest BCUT2D eigenvalue weighted by atomic mass is 19.1. The molecular weight excluding hydrogens is 363 g/mol. The summed E-state index contributed by atoms with van der Waals surface area (Å²) >= 11 is 0. The third kappa shape index (κ3) is 4.61. The molecule has 2 aromatic rings. The van der Waals surface area contributed by atoms with E-state index >= 15 is 0 Å². The number of rotatable bonds is 6.